The van der Waals surface area contributed by atoms with E-state index in [2.05, 4.69) is 15.0 Å². The Kier molecular flexibility index (Phi) is 3.14. The SMILES string of the molecule is COC(=O)C(C)(C)c1nccc(-c2cc[nH]c2)n1. The van der Waals surface area contributed by atoms with Gasteiger partial charge in [-0.15, -0.1) is 0 Å². The lowest BCUT2D eigenvalue weighted by Crippen LogP contribution is -2.32. The van der Waals surface area contributed by atoms with E-state index in [-0.39, 0.29) is 5.97 Å². The summed E-state index contributed by atoms with van der Waals surface area (Å²) in [5.41, 5.74) is 0.874. The maximum atomic E-state index is 11.7. The van der Waals surface area contributed by atoms with Crippen molar-refractivity contribution in [2.24, 2.45) is 0 Å². The van der Waals surface area contributed by atoms with Crippen molar-refractivity contribution in [2.75, 3.05) is 7.11 Å². The van der Waals surface area contributed by atoms with Crippen LogP contribution in [0.5, 0.6) is 0 Å². The van der Waals surface area contributed by atoms with Gasteiger partial charge in [-0.3, -0.25) is 4.79 Å². The molecule has 2 aromatic rings. The van der Waals surface area contributed by atoms with Crippen LogP contribution in [0.1, 0.15) is 19.7 Å². The Balaban J connectivity index is 2.42. The van der Waals surface area contributed by atoms with E-state index >= 15 is 0 Å². The molecule has 0 unspecified atom stereocenters. The number of aromatic nitrogens is 3. The lowest BCUT2D eigenvalue weighted by molar-refractivity contribution is -0.146. The highest BCUT2D eigenvalue weighted by atomic mass is 16.5. The zero-order valence-electron chi connectivity index (χ0n) is 10.6. The molecule has 0 atom stereocenters. The maximum absolute atomic E-state index is 11.7. The molecule has 0 radical (unpaired) electrons. The molecular formula is C13H15N3O2. The molecule has 1 N–H and O–H groups in total. The molecule has 18 heavy (non-hydrogen) atoms. The van der Waals surface area contributed by atoms with Crippen LogP contribution < -0.4 is 0 Å². The summed E-state index contributed by atoms with van der Waals surface area (Å²) in [4.78, 5) is 23.3. The summed E-state index contributed by atoms with van der Waals surface area (Å²) >= 11 is 0. The van der Waals surface area contributed by atoms with Gasteiger partial charge in [-0.1, -0.05) is 0 Å². The Bertz CT molecular complexity index is 547. The summed E-state index contributed by atoms with van der Waals surface area (Å²) in [5, 5.41) is 0. The molecule has 0 amide bonds. The minimum atomic E-state index is -0.860. The zero-order chi connectivity index (χ0) is 13.2. The van der Waals surface area contributed by atoms with Crippen molar-refractivity contribution in [1.29, 1.82) is 0 Å². The second-order valence-electron chi connectivity index (χ2n) is 4.48. The number of nitrogens with zero attached hydrogens (tertiary/aromatic N) is 2. The van der Waals surface area contributed by atoms with Crippen molar-refractivity contribution in [3.05, 3.63) is 36.5 Å². The number of hydrogen-bond donors (Lipinski definition) is 1. The van der Waals surface area contributed by atoms with Crippen molar-refractivity contribution >= 4 is 5.97 Å². The summed E-state index contributed by atoms with van der Waals surface area (Å²) < 4.78 is 4.77. The zero-order valence-corrected chi connectivity index (χ0v) is 10.6. The highest BCUT2D eigenvalue weighted by molar-refractivity contribution is 5.81. The van der Waals surface area contributed by atoms with E-state index in [4.69, 9.17) is 4.74 Å². The van der Waals surface area contributed by atoms with Crippen LogP contribution in [-0.2, 0) is 14.9 Å². The number of hydrogen-bond acceptors (Lipinski definition) is 4. The minimum Gasteiger partial charge on any atom is -0.468 e. The maximum Gasteiger partial charge on any atom is 0.318 e. The second-order valence-corrected chi connectivity index (χ2v) is 4.48. The van der Waals surface area contributed by atoms with Crippen LogP contribution >= 0.6 is 0 Å². The molecule has 5 nitrogen and oxygen atoms in total. The van der Waals surface area contributed by atoms with Gasteiger partial charge in [-0.2, -0.15) is 0 Å². The molecule has 0 aromatic carbocycles. The molecule has 0 aliphatic heterocycles. The van der Waals surface area contributed by atoms with Gasteiger partial charge in [0.2, 0.25) is 0 Å². The predicted molar refractivity (Wildman–Crippen MR) is 66.9 cm³/mol. The number of ether oxygens (including phenoxy) is 1. The average Bonchev–Trinajstić information content (AvgIpc) is 2.91. The van der Waals surface area contributed by atoms with Crippen LogP contribution in [0.4, 0.5) is 0 Å². The smallest absolute Gasteiger partial charge is 0.318 e. The molecule has 2 rings (SSSR count). The summed E-state index contributed by atoms with van der Waals surface area (Å²) in [7, 11) is 1.36. The molecule has 0 fully saturated rings. The first-order chi connectivity index (χ1) is 8.55. The highest BCUT2D eigenvalue weighted by Gasteiger charge is 2.34. The number of rotatable bonds is 3. The molecule has 0 aliphatic rings. The quantitative estimate of drug-likeness (QED) is 0.839. The molecule has 0 saturated heterocycles. The van der Waals surface area contributed by atoms with Gasteiger partial charge < -0.3 is 9.72 Å². The second kappa shape index (κ2) is 4.60. The molecule has 0 aliphatic carbocycles. The topological polar surface area (TPSA) is 67.9 Å². The monoisotopic (exact) mass is 245 g/mol. The fourth-order valence-corrected chi connectivity index (χ4v) is 1.65. The summed E-state index contributed by atoms with van der Waals surface area (Å²) in [6.07, 6.45) is 5.31. The average molecular weight is 245 g/mol. The Morgan fingerprint density at radius 1 is 1.39 bits per heavy atom. The third-order valence-electron chi connectivity index (χ3n) is 2.80. The number of nitrogens with one attached hydrogen (secondary N) is 1. The molecule has 0 spiro atoms. The van der Waals surface area contributed by atoms with Crippen LogP contribution in [0.25, 0.3) is 11.3 Å². The van der Waals surface area contributed by atoms with Gasteiger partial charge in [0.05, 0.1) is 12.8 Å². The molecule has 5 heteroatoms. The first kappa shape index (κ1) is 12.3. The third-order valence-corrected chi connectivity index (χ3v) is 2.80. The first-order valence-corrected chi connectivity index (χ1v) is 5.61. The van der Waals surface area contributed by atoms with Gasteiger partial charge in [0.25, 0.3) is 0 Å². The van der Waals surface area contributed by atoms with Gasteiger partial charge in [-0.25, -0.2) is 9.97 Å². The van der Waals surface area contributed by atoms with Crippen LogP contribution in [0.2, 0.25) is 0 Å². The number of aromatic amines is 1. The van der Waals surface area contributed by atoms with E-state index in [0.717, 1.165) is 11.3 Å². The lowest BCUT2D eigenvalue weighted by atomic mass is 9.92. The molecular weight excluding hydrogens is 230 g/mol. The first-order valence-electron chi connectivity index (χ1n) is 5.61. The number of carbonyl (C=O) groups excluding carboxylic acids is 1. The number of carbonyl (C=O) groups is 1. The van der Waals surface area contributed by atoms with Crippen LogP contribution in [-0.4, -0.2) is 28.0 Å². The fourth-order valence-electron chi connectivity index (χ4n) is 1.65. The van der Waals surface area contributed by atoms with E-state index < -0.39 is 5.41 Å². The number of methoxy groups -OCH3 is 1. The predicted octanol–water partition coefficient (Wildman–Crippen LogP) is 1.92. The molecule has 2 heterocycles. The van der Waals surface area contributed by atoms with Gasteiger partial charge in [-0.05, 0) is 26.0 Å². The van der Waals surface area contributed by atoms with E-state index in [1.807, 2.05) is 18.5 Å². The number of H-pyrrole nitrogens is 1. The van der Waals surface area contributed by atoms with Crippen molar-refractivity contribution in [2.45, 2.75) is 19.3 Å². The Hall–Kier alpha value is -2.17. The molecule has 94 valence electrons. The largest absolute Gasteiger partial charge is 0.468 e. The van der Waals surface area contributed by atoms with E-state index in [1.54, 1.807) is 26.1 Å². The molecule has 2 aromatic heterocycles. The van der Waals surface area contributed by atoms with Gasteiger partial charge >= 0.3 is 5.97 Å². The third kappa shape index (κ3) is 2.11. The lowest BCUT2D eigenvalue weighted by Gasteiger charge is -2.19. The standard InChI is InChI=1S/C13H15N3O2/c1-13(2,12(17)18-3)11-15-7-5-10(16-11)9-4-6-14-8-9/h4-8,14H,1-3H3. The molecule has 0 bridgehead atoms. The van der Waals surface area contributed by atoms with Crippen LogP contribution in [0.3, 0.4) is 0 Å². The Labute approximate surface area is 105 Å². The van der Waals surface area contributed by atoms with Crippen molar-refractivity contribution in [3.63, 3.8) is 0 Å². The van der Waals surface area contributed by atoms with E-state index in [1.165, 1.54) is 7.11 Å². The summed E-state index contributed by atoms with van der Waals surface area (Å²) in [5.74, 6) is 0.0989. The van der Waals surface area contributed by atoms with Crippen molar-refractivity contribution < 1.29 is 9.53 Å². The van der Waals surface area contributed by atoms with Gasteiger partial charge in [0.15, 0.2) is 0 Å². The van der Waals surface area contributed by atoms with Crippen molar-refractivity contribution in [3.8, 4) is 11.3 Å². The Morgan fingerprint density at radius 2 is 2.17 bits per heavy atom. The summed E-state index contributed by atoms with van der Waals surface area (Å²) in [6, 6.07) is 3.72. The minimum absolute atomic E-state index is 0.353. The van der Waals surface area contributed by atoms with E-state index in [9.17, 15) is 4.79 Å². The van der Waals surface area contributed by atoms with Crippen LogP contribution in [0.15, 0.2) is 30.7 Å². The summed E-state index contributed by atoms with van der Waals surface area (Å²) in [6.45, 7) is 3.49. The van der Waals surface area contributed by atoms with Gasteiger partial charge in [0.1, 0.15) is 11.2 Å². The fraction of sp³-hybridized carbons (Fsp3) is 0.308. The van der Waals surface area contributed by atoms with Crippen molar-refractivity contribution in [1.82, 2.24) is 15.0 Å². The van der Waals surface area contributed by atoms with Gasteiger partial charge in [0, 0.05) is 24.2 Å². The Morgan fingerprint density at radius 3 is 2.78 bits per heavy atom. The van der Waals surface area contributed by atoms with Crippen LogP contribution in [0, 0.1) is 0 Å². The highest BCUT2D eigenvalue weighted by Crippen LogP contribution is 2.23. The van der Waals surface area contributed by atoms with E-state index in [0.29, 0.717) is 5.82 Å². The number of esters is 1. The normalized spacial score (nSPS) is 11.3. The molecule has 0 saturated carbocycles.